The number of alkyl halides is 3. The summed E-state index contributed by atoms with van der Waals surface area (Å²) in [5.41, 5.74) is -1.03. The van der Waals surface area contributed by atoms with Crippen LogP contribution in [0.1, 0.15) is 35.2 Å². The van der Waals surface area contributed by atoms with Crippen LogP contribution in [0.5, 0.6) is 0 Å². The van der Waals surface area contributed by atoms with Crippen molar-refractivity contribution in [3.8, 4) is 12.3 Å². The lowest BCUT2D eigenvalue weighted by atomic mass is 10.1. The Morgan fingerprint density at radius 2 is 2.08 bits per heavy atom. The number of benzene rings is 1. The highest BCUT2D eigenvalue weighted by Gasteiger charge is 2.35. The van der Waals surface area contributed by atoms with Gasteiger partial charge < -0.3 is 15.3 Å². The molecule has 1 saturated heterocycles. The number of hydrogen-bond acceptors (Lipinski definition) is 6. The molecule has 2 aromatic rings. The predicted octanol–water partition coefficient (Wildman–Crippen LogP) is 2.88. The van der Waals surface area contributed by atoms with Crippen LogP contribution in [-0.2, 0) is 27.5 Å². The number of aliphatic hydroxyl groups is 1. The number of nitrogens with zero attached hydrogens (tertiary/aromatic N) is 2. The molecule has 1 atom stereocenters. The highest BCUT2D eigenvalue weighted by Crippen LogP contribution is 2.33. The van der Waals surface area contributed by atoms with E-state index in [1.807, 2.05) is 4.72 Å². The van der Waals surface area contributed by atoms with Gasteiger partial charge in [0.1, 0.15) is 17.3 Å². The SMILES string of the molecule is C#Cc1cc(CNC(=O)/C=C/c2ccc(C(F)(F)F)nc2N2CCC[C@H]2CO)cc(F)c1NS(C)(=O)=O. The van der Waals surface area contributed by atoms with Crippen LogP contribution in [0.25, 0.3) is 6.08 Å². The van der Waals surface area contributed by atoms with Crippen LogP contribution in [0.15, 0.2) is 30.3 Å². The maximum absolute atomic E-state index is 14.4. The first-order chi connectivity index (χ1) is 17.3. The van der Waals surface area contributed by atoms with Gasteiger partial charge in [0.05, 0.1) is 30.2 Å². The average Bonchev–Trinajstić information content (AvgIpc) is 3.30. The summed E-state index contributed by atoms with van der Waals surface area (Å²) in [4.78, 5) is 17.7. The summed E-state index contributed by atoms with van der Waals surface area (Å²) in [7, 11) is -3.78. The number of hydrogen-bond donors (Lipinski definition) is 3. The molecular weight excluding hydrogens is 516 g/mol. The van der Waals surface area contributed by atoms with Crippen molar-refractivity contribution < 1.29 is 35.9 Å². The minimum atomic E-state index is -4.66. The molecule has 13 heteroatoms. The van der Waals surface area contributed by atoms with Crippen LogP contribution < -0.4 is 14.9 Å². The highest BCUT2D eigenvalue weighted by molar-refractivity contribution is 7.92. The zero-order valence-corrected chi connectivity index (χ0v) is 20.5. The number of rotatable bonds is 8. The molecule has 8 nitrogen and oxygen atoms in total. The first-order valence-electron chi connectivity index (χ1n) is 11.0. The van der Waals surface area contributed by atoms with Crippen molar-refractivity contribution in [2.24, 2.45) is 0 Å². The molecular formula is C24H24F4N4O4S. The topological polar surface area (TPSA) is 112 Å². The molecule has 3 rings (SSSR count). The van der Waals surface area contributed by atoms with E-state index in [0.717, 1.165) is 24.5 Å². The van der Waals surface area contributed by atoms with Gasteiger partial charge in [-0.05, 0) is 48.7 Å². The van der Waals surface area contributed by atoms with Crippen LogP contribution in [0, 0.1) is 18.2 Å². The second-order valence-corrected chi connectivity index (χ2v) is 10.1. The number of aromatic nitrogens is 1. The quantitative estimate of drug-likeness (QED) is 0.270. The lowest BCUT2D eigenvalue weighted by Gasteiger charge is -2.26. The number of nitrogens with one attached hydrogen (secondary N) is 2. The number of anilines is 2. The van der Waals surface area contributed by atoms with Gasteiger partial charge in [-0.1, -0.05) is 5.92 Å². The molecule has 0 aliphatic carbocycles. The number of halogens is 4. The van der Waals surface area contributed by atoms with Crippen molar-refractivity contribution in [1.82, 2.24) is 10.3 Å². The number of amides is 1. The Balaban J connectivity index is 1.79. The zero-order valence-electron chi connectivity index (χ0n) is 19.6. The molecule has 1 aromatic heterocycles. The van der Waals surface area contributed by atoms with E-state index < -0.39 is 39.7 Å². The van der Waals surface area contributed by atoms with Crippen LogP contribution in [-0.4, -0.2) is 49.9 Å². The molecule has 0 unspecified atom stereocenters. The Labute approximate surface area is 211 Å². The van der Waals surface area contributed by atoms with E-state index >= 15 is 0 Å². The normalized spacial score (nSPS) is 16.1. The Hall–Kier alpha value is -3.63. The second-order valence-electron chi connectivity index (χ2n) is 8.35. The van der Waals surface area contributed by atoms with Gasteiger partial charge in [0.25, 0.3) is 0 Å². The predicted molar refractivity (Wildman–Crippen MR) is 130 cm³/mol. The van der Waals surface area contributed by atoms with E-state index in [0.29, 0.717) is 19.4 Å². The van der Waals surface area contributed by atoms with Crippen molar-refractivity contribution in [2.75, 3.05) is 29.0 Å². The highest BCUT2D eigenvalue weighted by atomic mass is 32.2. The van der Waals surface area contributed by atoms with Crippen molar-refractivity contribution in [3.63, 3.8) is 0 Å². The first kappa shape index (κ1) is 27.9. The third kappa shape index (κ3) is 7.21. The lowest BCUT2D eigenvalue weighted by Crippen LogP contribution is -2.33. The number of carbonyl (C=O) groups is 1. The summed E-state index contributed by atoms with van der Waals surface area (Å²) in [6, 6.07) is 3.96. The van der Waals surface area contributed by atoms with Crippen molar-refractivity contribution in [3.05, 3.63) is 58.5 Å². The molecule has 0 bridgehead atoms. The van der Waals surface area contributed by atoms with Crippen molar-refractivity contribution in [1.29, 1.82) is 0 Å². The molecule has 0 spiro atoms. The van der Waals surface area contributed by atoms with Gasteiger partial charge in [0.15, 0.2) is 0 Å². The van der Waals surface area contributed by atoms with Crippen LogP contribution in [0.3, 0.4) is 0 Å². The fourth-order valence-electron chi connectivity index (χ4n) is 3.86. The van der Waals surface area contributed by atoms with E-state index in [1.165, 1.54) is 18.2 Å². The fourth-order valence-corrected chi connectivity index (χ4v) is 4.44. The van der Waals surface area contributed by atoms with E-state index in [4.69, 9.17) is 6.42 Å². The summed E-state index contributed by atoms with van der Waals surface area (Å²) < 4.78 is 79.0. The number of terminal acetylenes is 1. The van der Waals surface area contributed by atoms with Crippen LogP contribution in [0.4, 0.5) is 29.1 Å². The largest absolute Gasteiger partial charge is 0.433 e. The van der Waals surface area contributed by atoms with E-state index in [1.54, 1.807) is 4.90 Å². The molecule has 0 saturated carbocycles. The van der Waals surface area contributed by atoms with Gasteiger partial charge in [-0.2, -0.15) is 13.2 Å². The Morgan fingerprint density at radius 1 is 1.35 bits per heavy atom. The van der Waals surface area contributed by atoms with Crippen molar-refractivity contribution >= 4 is 33.5 Å². The monoisotopic (exact) mass is 540 g/mol. The van der Waals surface area contributed by atoms with E-state index in [2.05, 4.69) is 16.2 Å². The average molecular weight is 541 g/mol. The molecule has 1 aromatic carbocycles. The molecule has 1 amide bonds. The number of aliphatic hydroxyl groups excluding tert-OH is 1. The molecule has 198 valence electrons. The minimum Gasteiger partial charge on any atom is -0.394 e. The standard InChI is InChI=1S/C24H24F4N4O4S/c1-3-16-11-15(12-19(25)22(16)31-37(2,35)36)13-29-21(34)9-7-17-6-8-20(24(26,27)28)30-23(17)32-10-4-5-18(32)14-33/h1,6-9,11-12,18,31,33H,4-5,10,13-14H2,2H3,(H,29,34)/b9-7+/t18-/m0/s1. The number of carbonyl (C=O) groups excluding carboxylic acids is 1. The van der Waals surface area contributed by atoms with Crippen LogP contribution in [0.2, 0.25) is 0 Å². The van der Waals surface area contributed by atoms with Gasteiger partial charge in [-0.25, -0.2) is 17.8 Å². The third-order valence-corrected chi connectivity index (χ3v) is 6.10. The van der Waals surface area contributed by atoms with Gasteiger partial charge in [0.2, 0.25) is 15.9 Å². The summed E-state index contributed by atoms with van der Waals surface area (Å²) in [5.74, 6) is 0.633. The summed E-state index contributed by atoms with van der Waals surface area (Å²) in [6.45, 7) is -0.0130. The van der Waals surface area contributed by atoms with E-state index in [9.17, 15) is 35.9 Å². The number of pyridine rings is 1. The molecule has 1 aliphatic rings. The summed E-state index contributed by atoms with van der Waals surface area (Å²) >= 11 is 0. The molecule has 3 N–H and O–H groups in total. The smallest absolute Gasteiger partial charge is 0.394 e. The number of sulfonamides is 1. The zero-order chi connectivity index (χ0) is 27.4. The summed E-state index contributed by atoms with van der Waals surface area (Å²) in [5, 5.41) is 12.1. The molecule has 37 heavy (non-hydrogen) atoms. The third-order valence-electron chi connectivity index (χ3n) is 5.53. The van der Waals surface area contributed by atoms with Gasteiger partial charge in [-0.3, -0.25) is 9.52 Å². The van der Waals surface area contributed by atoms with Gasteiger partial charge in [0, 0.05) is 24.7 Å². The van der Waals surface area contributed by atoms with Gasteiger partial charge in [-0.15, -0.1) is 6.42 Å². The maximum Gasteiger partial charge on any atom is 0.433 e. The Kier molecular flexibility index (Phi) is 8.45. The molecule has 1 aliphatic heterocycles. The van der Waals surface area contributed by atoms with Crippen LogP contribution >= 0.6 is 0 Å². The maximum atomic E-state index is 14.4. The lowest BCUT2D eigenvalue weighted by molar-refractivity contribution is -0.141. The van der Waals surface area contributed by atoms with Crippen molar-refractivity contribution in [2.45, 2.75) is 31.6 Å². The van der Waals surface area contributed by atoms with Gasteiger partial charge >= 0.3 is 6.18 Å². The Morgan fingerprint density at radius 3 is 2.70 bits per heavy atom. The first-order valence-corrected chi connectivity index (χ1v) is 12.9. The summed E-state index contributed by atoms with van der Waals surface area (Å²) in [6.07, 6.45) is 5.19. The molecule has 0 radical (unpaired) electrons. The Bertz CT molecular complexity index is 1350. The second kappa shape index (κ2) is 11.2. The minimum absolute atomic E-state index is 0.00474. The molecule has 2 heterocycles. The van der Waals surface area contributed by atoms with E-state index in [-0.39, 0.29) is 41.3 Å². The fraction of sp³-hybridized carbons (Fsp3) is 0.333. The molecule has 1 fully saturated rings.